The summed E-state index contributed by atoms with van der Waals surface area (Å²) in [7, 11) is 1.82. The van der Waals surface area contributed by atoms with E-state index in [4.69, 9.17) is 0 Å². The van der Waals surface area contributed by atoms with Crippen LogP contribution in [0.15, 0.2) is 5.38 Å². The normalized spacial score (nSPS) is 15.1. The van der Waals surface area contributed by atoms with E-state index in [9.17, 15) is 4.79 Å². The molecule has 0 radical (unpaired) electrons. The molecule has 16 heavy (non-hydrogen) atoms. The van der Waals surface area contributed by atoms with Crippen molar-refractivity contribution in [2.24, 2.45) is 0 Å². The molecule has 0 unspecified atom stereocenters. The van der Waals surface area contributed by atoms with E-state index in [0.717, 1.165) is 10.7 Å². The van der Waals surface area contributed by atoms with Crippen LogP contribution < -0.4 is 5.32 Å². The SMILES string of the molecule is Cc1nc(CN(C)C(=O)CNC2CC2)cs1. The van der Waals surface area contributed by atoms with Crippen molar-refractivity contribution in [3.63, 3.8) is 0 Å². The Balaban J connectivity index is 1.77. The van der Waals surface area contributed by atoms with Gasteiger partial charge in [-0.05, 0) is 19.8 Å². The van der Waals surface area contributed by atoms with Gasteiger partial charge in [-0.1, -0.05) is 0 Å². The highest BCUT2D eigenvalue weighted by Crippen LogP contribution is 2.18. The summed E-state index contributed by atoms with van der Waals surface area (Å²) in [4.78, 5) is 17.8. The number of thiazole rings is 1. The van der Waals surface area contributed by atoms with Crippen LogP contribution in [-0.2, 0) is 11.3 Å². The van der Waals surface area contributed by atoms with Gasteiger partial charge in [-0.3, -0.25) is 4.79 Å². The molecule has 1 aliphatic rings. The number of amides is 1. The fourth-order valence-electron chi connectivity index (χ4n) is 1.47. The van der Waals surface area contributed by atoms with E-state index in [0.29, 0.717) is 19.1 Å². The van der Waals surface area contributed by atoms with Gasteiger partial charge in [0.05, 0.1) is 23.8 Å². The van der Waals surface area contributed by atoms with Crippen molar-refractivity contribution >= 4 is 17.2 Å². The average Bonchev–Trinajstić information content (AvgIpc) is 2.99. The van der Waals surface area contributed by atoms with Gasteiger partial charge in [-0.15, -0.1) is 11.3 Å². The Hall–Kier alpha value is -0.940. The van der Waals surface area contributed by atoms with Crippen molar-refractivity contribution in [3.8, 4) is 0 Å². The minimum absolute atomic E-state index is 0.137. The van der Waals surface area contributed by atoms with Crippen molar-refractivity contribution in [2.45, 2.75) is 32.4 Å². The lowest BCUT2D eigenvalue weighted by atomic mass is 10.4. The summed E-state index contributed by atoms with van der Waals surface area (Å²) < 4.78 is 0. The van der Waals surface area contributed by atoms with Crippen molar-refractivity contribution in [1.82, 2.24) is 15.2 Å². The van der Waals surface area contributed by atoms with Gasteiger partial charge in [0, 0.05) is 18.5 Å². The number of hydrogen-bond donors (Lipinski definition) is 1. The summed E-state index contributed by atoms with van der Waals surface area (Å²) in [6, 6.07) is 0.582. The van der Waals surface area contributed by atoms with E-state index in [1.54, 1.807) is 16.2 Å². The second kappa shape index (κ2) is 4.93. The number of hydrogen-bond acceptors (Lipinski definition) is 4. The molecule has 4 nitrogen and oxygen atoms in total. The predicted molar refractivity (Wildman–Crippen MR) is 64.3 cm³/mol. The molecule has 0 spiro atoms. The highest BCUT2D eigenvalue weighted by molar-refractivity contribution is 7.09. The largest absolute Gasteiger partial charge is 0.339 e. The number of carbonyl (C=O) groups is 1. The summed E-state index contributed by atoms with van der Waals surface area (Å²) in [5.74, 6) is 0.137. The molecule has 0 aromatic carbocycles. The molecule has 1 saturated carbocycles. The van der Waals surface area contributed by atoms with E-state index in [-0.39, 0.29) is 5.91 Å². The fraction of sp³-hybridized carbons (Fsp3) is 0.636. The Morgan fingerprint density at radius 1 is 1.69 bits per heavy atom. The third-order valence-corrected chi connectivity index (χ3v) is 3.43. The molecule has 1 aliphatic carbocycles. The lowest BCUT2D eigenvalue weighted by Gasteiger charge is -2.16. The van der Waals surface area contributed by atoms with Crippen LogP contribution in [0.1, 0.15) is 23.5 Å². The first-order chi connectivity index (χ1) is 7.65. The van der Waals surface area contributed by atoms with Crippen molar-refractivity contribution in [3.05, 3.63) is 16.1 Å². The van der Waals surface area contributed by atoms with Crippen LogP contribution in [0.5, 0.6) is 0 Å². The summed E-state index contributed by atoms with van der Waals surface area (Å²) in [5.41, 5.74) is 0.977. The van der Waals surface area contributed by atoms with E-state index in [2.05, 4.69) is 10.3 Å². The Bertz CT molecular complexity index is 373. The number of carbonyl (C=O) groups excluding carboxylic acids is 1. The topological polar surface area (TPSA) is 45.2 Å². The average molecular weight is 239 g/mol. The maximum Gasteiger partial charge on any atom is 0.236 e. The molecule has 0 aliphatic heterocycles. The molecule has 1 aromatic heterocycles. The highest BCUT2D eigenvalue weighted by atomic mass is 32.1. The molecule has 1 N–H and O–H groups in total. The van der Waals surface area contributed by atoms with Crippen LogP contribution in [-0.4, -0.2) is 35.4 Å². The molecule has 1 aromatic rings. The third-order valence-electron chi connectivity index (χ3n) is 2.61. The minimum Gasteiger partial charge on any atom is -0.339 e. The van der Waals surface area contributed by atoms with Crippen LogP contribution in [0.25, 0.3) is 0 Å². The Morgan fingerprint density at radius 2 is 2.44 bits per heavy atom. The second-order valence-corrected chi connectivity index (χ2v) is 5.33. The molecular formula is C11H17N3OS. The molecule has 2 rings (SSSR count). The summed E-state index contributed by atoms with van der Waals surface area (Å²) in [5, 5.41) is 6.27. The smallest absolute Gasteiger partial charge is 0.236 e. The molecule has 1 heterocycles. The van der Waals surface area contributed by atoms with Crippen molar-refractivity contribution in [1.29, 1.82) is 0 Å². The first kappa shape index (κ1) is 11.5. The zero-order valence-electron chi connectivity index (χ0n) is 9.69. The number of nitrogens with one attached hydrogen (secondary N) is 1. The molecule has 1 fully saturated rings. The maximum atomic E-state index is 11.7. The number of likely N-dealkylation sites (N-methyl/N-ethyl adjacent to an activating group) is 1. The van der Waals surface area contributed by atoms with Gasteiger partial charge in [-0.2, -0.15) is 0 Å². The zero-order chi connectivity index (χ0) is 11.5. The fourth-order valence-corrected chi connectivity index (χ4v) is 2.07. The van der Waals surface area contributed by atoms with Crippen LogP contribution in [0.4, 0.5) is 0 Å². The first-order valence-electron chi connectivity index (χ1n) is 5.53. The van der Waals surface area contributed by atoms with Crippen LogP contribution >= 0.6 is 11.3 Å². The lowest BCUT2D eigenvalue weighted by molar-refractivity contribution is -0.129. The molecule has 1 amide bonds. The lowest BCUT2D eigenvalue weighted by Crippen LogP contribution is -2.36. The van der Waals surface area contributed by atoms with Gasteiger partial charge in [0.2, 0.25) is 5.91 Å². The van der Waals surface area contributed by atoms with Gasteiger partial charge in [0.25, 0.3) is 0 Å². The Kier molecular flexibility index (Phi) is 3.56. The third kappa shape index (κ3) is 3.28. The van der Waals surface area contributed by atoms with Crippen LogP contribution in [0.3, 0.4) is 0 Å². The quantitative estimate of drug-likeness (QED) is 0.838. The summed E-state index contributed by atoms with van der Waals surface area (Å²) >= 11 is 1.62. The monoisotopic (exact) mass is 239 g/mol. The van der Waals surface area contributed by atoms with Gasteiger partial charge >= 0.3 is 0 Å². The molecule has 0 saturated heterocycles. The number of nitrogens with zero attached hydrogens (tertiary/aromatic N) is 2. The van der Waals surface area contributed by atoms with Gasteiger partial charge in [0.15, 0.2) is 0 Å². The van der Waals surface area contributed by atoms with Crippen LogP contribution in [0, 0.1) is 6.92 Å². The summed E-state index contributed by atoms with van der Waals surface area (Å²) in [6.45, 7) is 3.03. The standard InChI is InChI=1S/C11H17N3OS/c1-8-13-10(7-16-8)6-14(2)11(15)5-12-9-3-4-9/h7,9,12H,3-6H2,1-2H3. The minimum atomic E-state index is 0.137. The van der Waals surface area contributed by atoms with E-state index >= 15 is 0 Å². The molecular weight excluding hydrogens is 222 g/mol. The highest BCUT2D eigenvalue weighted by Gasteiger charge is 2.22. The van der Waals surface area contributed by atoms with E-state index in [1.165, 1.54) is 12.8 Å². The van der Waals surface area contributed by atoms with Crippen molar-refractivity contribution < 1.29 is 4.79 Å². The second-order valence-electron chi connectivity index (χ2n) is 4.26. The molecule has 0 atom stereocenters. The first-order valence-corrected chi connectivity index (χ1v) is 6.41. The van der Waals surface area contributed by atoms with Crippen molar-refractivity contribution in [2.75, 3.05) is 13.6 Å². The number of rotatable bonds is 5. The van der Waals surface area contributed by atoms with Gasteiger partial charge in [-0.25, -0.2) is 4.98 Å². The van der Waals surface area contributed by atoms with Gasteiger partial charge in [0.1, 0.15) is 0 Å². The Morgan fingerprint density at radius 3 is 3.00 bits per heavy atom. The van der Waals surface area contributed by atoms with E-state index in [1.807, 2.05) is 19.4 Å². The maximum absolute atomic E-state index is 11.7. The molecule has 88 valence electrons. The zero-order valence-corrected chi connectivity index (χ0v) is 10.5. The predicted octanol–water partition coefficient (Wildman–Crippen LogP) is 1.16. The number of aryl methyl sites for hydroxylation is 1. The number of aromatic nitrogens is 1. The van der Waals surface area contributed by atoms with E-state index < -0.39 is 0 Å². The molecule has 5 heteroatoms. The van der Waals surface area contributed by atoms with Gasteiger partial charge < -0.3 is 10.2 Å². The van der Waals surface area contributed by atoms with Crippen LogP contribution in [0.2, 0.25) is 0 Å². The Labute approximate surface area is 99.7 Å². The summed E-state index contributed by atoms with van der Waals surface area (Å²) in [6.07, 6.45) is 2.42. The molecule has 0 bridgehead atoms.